The molecule has 0 unspecified atom stereocenters. The van der Waals surface area contributed by atoms with Crippen molar-refractivity contribution >= 4 is 49.5 Å². The van der Waals surface area contributed by atoms with Crippen LogP contribution in [0.25, 0.3) is 27.6 Å². The minimum Gasteiger partial charge on any atom is -0.485 e. The third-order valence-corrected chi connectivity index (χ3v) is 6.82. The standard InChI is InChI=1S/C25H22BrN7O2/c1-14-7-8-19(18(26)9-14)33-23-16(22-17(24(33)34)12-29-31-22)11-28-25(30-23)27-10-15-13-32(2)20-5-3-4-6-21(20)35-15/h3-9,11-12,15H,10,13H2,1-2H3,(H,29,31)(H,27,28,30)/t15-/m0/s1. The zero-order valence-corrected chi connectivity index (χ0v) is 20.7. The van der Waals surface area contributed by atoms with Crippen molar-refractivity contribution in [3.8, 4) is 11.4 Å². The molecule has 9 nitrogen and oxygen atoms in total. The second-order valence-electron chi connectivity index (χ2n) is 8.64. The first-order valence-corrected chi connectivity index (χ1v) is 12.0. The minimum absolute atomic E-state index is 0.0866. The van der Waals surface area contributed by atoms with Crippen molar-refractivity contribution in [3.05, 3.63) is 75.2 Å². The number of nitrogens with zero attached hydrogens (tertiary/aromatic N) is 5. The lowest BCUT2D eigenvalue weighted by atomic mass is 10.2. The van der Waals surface area contributed by atoms with Crippen LogP contribution in [0.3, 0.4) is 0 Å². The summed E-state index contributed by atoms with van der Waals surface area (Å²) in [6.07, 6.45) is 3.22. The highest BCUT2D eigenvalue weighted by Crippen LogP contribution is 2.32. The molecule has 0 saturated carbocycles. The van der Waals surface area contributed by atoms with Crippen LogP contribution in [0.15, 0.2) is 64.1 Å². The van der Waals surface area contributed by atoms with E-state index in [1.807, 2.05) is 56.4 Å². The molecule has 1 aliphatic rings. The fraction of sp³-hybridized carbons (Fsp3) is 0.200. The van der Waals surface area contributed by atoms with E-state index in [0.29, 0.717) is 40.1 Å². The van der Waals surface area contributed by atoms with Gasteiger partial charge < -0.3 is 15.0 Å². The zero-order chi connectivity index (χ0) is 24.1. The molecular formula is C25H22BrN7O2. The Bertz CT molecular complexity index is 1640. The molecule has 1 atom stereocenters. The number of para-hydroxylation sites is 2. The van der Waals surface area contributed by atoms with Crippen LogP contribution < -0.4 is 20.5 Å². The van der Waals surface area contributed by atoms with E-state index in [9.17, 15) is 4.79 Å². The number of benzene rings is 2. The first-order chi connectivity index (χ1) is 17.0. The second-order valence-corrected chi connectivity index (χ2v) is 9.50. The predicted octanol–water partition coefficient (Wildman–Crippen LogP) is 4.04. The first kappa shape index (κ1) is 21.6. The molecule has 0 spiro atoms. The molecule has 0 amide bonds. The van der Waals surface area contributed by atoms with Crippen molar-refractivity contribution < 1.29 is 4.74 Å². The zero-order valence-electron chi connectivity index (χ0n) is 19.1. The van der Waals surface area contributed by atoms with Gasteiger partial charge in [-0.15, -0.1) is 0 Å². The maximum absolute atomic E-state index is 13.5. The Morgan fingerprint density at radius 3 is 2.91 bits per heavy atom. The maximum atomic E-state index is 13.5. The summed E-state index contributed by atoms with van der Waals surface area (Å²) in [4.78, 5) is 24.9. The topological polar surface area (TPSA) is 101 Å². The Kier molecular flexibility index (Phi) is 5.18. The van der Waals surface area contributed by atoms with Crippen LogP contribution in [0.4, 0.5) is 11.6 Å². The number of halogens is 1. The Morgan fingerprint density at radius 2 is 2.06 bits per heavy atom. The van der Waals surface area contributed by atoms with E-state index in [4.69, 9.17) is 9.72 Å². The van der Waals surface area contributed by atoms with Crippen molar-refractivity contribution in [2.24, 2.45) is 0 Å². The number of hydrogen-bond donors (Lipinski definition) is 2. The van der Waals surface area contributed by atoms with Gasteiger partial charge in [0.05, 0.1) is 35.2 Å². The summed E-state index contributed by atoms with van der Waals surface area (Å²) in [5.74, 6) is 1.26. The molecule has 0 saturated heterocycles. The summed E-state index contributed by atoms with van der Waals surface area (Å²) in [6, 6.07) is 13.8. The molecule has 10 heteroatoms. The molecule has 0 aliphatic carbocycles. The van der Waals surface area contributed by atoms with Crippen molar-refractivity contribution in [2.75, 3.05) is 30.4 Å². The van der Waals surface area contributed by atoms with Crippen LogP contribution in [0.5, 0.6) is 5.75 Å². The van der Waals surface area contributed by atoms with Gasteiger partial charge in [-0.2, -0.15) is 10.1 Å². The molecular weight excluding hydrogens is 510 g/mol. The SMILES string of the molecule is Cc1ccc(-n2c(=O)c3c[nH]nc3c3cnc(NC[C@H]4CN(C)c5ccccc5O4)nc32)c(Br)c1. The fourth-order valence-corrected chi connectivity index (χ4v) is 5.16. The average Bonchev–Trinajstić information content (AvgIpc) is 3.35. The van der Waals surface area contributed by atoms with Crippen molar-refractivity contribution in [3.63, 3.8) is 0 Å². The second kappa shape index (κ2) is 8.38. The predicted molar refractivity (Wildman–Crippen MR) is 140 cm³/mol. The average molecular weight is 532 g/mol. The normalized spacial score (nSPS) is 15.3. The van der Waals surface area contributed by atoms with E-state index in [0.717, 1.165) is 28.0 Å². The first-order valence-electron chi connectivity index (χ1n) is 11.2. The minimum atomic E-state index is -0.204. The van der Waals surface area contributed by atoms with Gasteiger partial charge in [-0.3, -0.25) is 14.5 Å². The van der Waals surface area contributed by atoms with Crippen LogP contribution in [-0.2, 0) is 0 Å². The van der Waals surface area contributed by atoms with Crippen molar-refractivity contribution in [1.82, 2.24) is 24.7 Å². The number of aromatic amines is 1. The van der Waals surface area contributed by atoms with Crippen molar-refractivity contribution in [2.45, 2.75) is 13.0 Å². The number of fused-ring (bicyclic) bond motifs is 4. The van der Waals surface area contributed by atoms with E-state index in [1.165, 1.54) is 0 Å². The number of anilines is 2. The molecule has 3 aromatic heterocycles. The van der Waals surface area contributed by atoms with E-state index < -0.39 is 0 Å². The summed E-state index contributed by atoms with van der Waals surface area (Å²) in [5, 5.41) is 11.5. The number of hydrogen-bond acceptors (Lipinski definition) is 7. The smallest absolute Gasteiger partial charge is 0.267 e. The molecule has 1 aliphatic heterocycles. The number of rotatable bonds is 4. The van der Waals surface area contributed by atoms with E-state index in [2.05, 4.69) is 41.3 Å². The third-order valence-electron chi connectivity index (χ3n) is 6.19. The van der Waals surface area contributed by atoms with Gasteiger partial charge in [-0.25, -0.2) is 4.98 Å². The van der Waals surface area contributed by atoms with Gasteiger partial charge >= 0.3 is 0 Å². The number of aromatic nitrogens is 5. The number of likely N-dealkylation sites (N-methyl/N-ethyl adjacent to an activating group) is 1. The molecule has 0 radical (unpaired) electrons. The monoisotopic (exact) mass is 531 g/mol. The summed E-state index contributed by atoms with van der Waals surface area (Å²) in [7, 11) is 2.05. The van der Waals surface area contributed by atoms with Crippen LogP contribution in [0.2, 0.25) is 0 Å². The number of H-pyrrole nitrogens is 1. The summed E-state index contributed by atoms with van der Waals surface area (Å²) < 4.78 is 8.56. The lowest BCUT2D eigenvalue weighted by molar-refractivity contribution is 0.208. The third kappa shape index (κ3) is 3.70. The van der Waals surface area contributed by atoms with Crippen molar-refractivity contribution in [1.29, 1.82) is 0 Å². The van der Waals surface area contributed by atoms with Gasteiger partial charge in [0, 0.05) is 23.9 Å². The highest BCUT2D eigenvalue weighted by molar-refractivity contribution is 9.10. The van der Waals surface area contributed by atoms with Gasteiger partial charge in [-0.05, 0) is 52.7 Å². The van der Waals surface area contributed by atoms with Gasteiger partial charge in [-0.1, -0.05) is 18.2 Å². The molecule has 35 heavy (non-hydrogen) atoms. The Hall–Kier alpha value is -3.92. The fourth-order valence-electron chi connectivity index (χ4n) is 4.49. The molecule has 5 aromatic rings. The summed E-state index contributed by atoms with van der Waals surface area (Å²) >= 11 is 3.62. The van der Waals surface area contributed by atoms with Gasteiger partial charge in [0.15, 0.2) is 5.65 Å². The van der Waals surface area contributed by atoms with Gasteiger partial charge in [0.1, 0.15) is 17.4 Å². The van der Waals surface area contributed by atoms with Crippen LogP contribution in [-0.4, -0.2) is 51.0 Å². The van der Waals surface area contributed by atoms with Crippen LogP contribution >= 0.6 is 15.9 Å². The largest absolute Gasteiger partial charge is 0.485 e. The molecule has 4 heterocycles. The lowest BCUT2D eigenvalue weighted by Crippen LogP contribution is -2.41. The van der Waals surface area contributed by atoms with E-state index >= 15 is 0 Å². The van der Waals surface area contributed by atoms with E-state index in [1.54, 1.807) is 17.0 Å². The lowest BCUT2D eigenvalue weighted by Gasteiger charge is -2.33. The number of nitrogens with one attached hydrogen (secondary N) is 2. The molecule has 0 fully saturated rings. The van der Waals surface area contributed by atoms with Crippen LogP contribution in [0.1, 0.15) is 5.56 Å². The molecule has 176 valence electrons. The molecule has 2 N–H and O–H groups in total. The maximum Gasteiger partial charge on any atom is 0.267 e. The molecule has 2 aromatic carbocycles. The highest BCUT2D eigenvalue weighted by atomic mass is 79.9. The van der Waals surface area contributed by atoms with Crippen LogP contribution in [0, 0.1) is 6.92 Å². The Labute approximate surface area is 208 Å². The van der Waals surface area contributed by atoms with Gasteiger partial charge in [0.25, 0.3) is 5.56 Å². The number of aryl methyl sites for hydroxylation is 1. The number of pyridine rings is 1. The Balaban J connectivity index is 1.39. The quantitative estimate of drug-likeness (QED) is 0.361. The van der Waals surface area contributed by atoms with E-state index in [-0.39, 0.29) is 11.7 Å². The highest BCUT2D eigenvalue weighted by Gasteiger charge is 2.23. The summed E-state index contributed by atoms with van der Waals surface area (Å²) in [5.41, 5.74) is 3.67. The summed E-state index contributed by atoms with van der Waals surface area (Å²) in [6.45, 7) is 3.24. The van der Waals surface area contributed by atoms with Gasteiger partial charge in [0.2, 0.25) is 5.95 Å². The molecule has 0 bridgehead atoms. The number of ether oxygens (including phenoxy) is 1. The Morgan fingerprint density at radius 1 is 1.20 bits per heavy atom. The molecule has 6 rings (SSSR count).